The summed E-state index contributed by atoms with van der Waals surface area (Å²) in [4.78, 5) is 12.7. The lowest BCUT2D eigenvalue weighted by atomic mass is 10.2. The number of aryl methyl sites for hydroxylation is 2. The molecule has 0 bridgehead atoms. The number of rotatable bonds is 7. The fourth-order valence-corrected chi connectivity index (χ4v) is 3.62. The van der Waals surface area contributed by atoms with Gasteiger partial charge in [0.15, 0.2) is 0 Å². The van der Waals surface area contributed by atoms with E-state index in [1.165, 1.54) is 26.2 Å². The van der Waals surface area contributed by atoms with E-state index in [1.807, 2.05) is 13.8 Å². The average molecular weight is 429 g/mol. The number of hydrogen-bond donors (Lipinski definition) is 1. The second-order valence-electron chi connectivity index (χ2n) is 6.89. The summed E-state index contributed by atoms with van der Waals surface area (Å²) in [6, 6.07) is 12.8. The average Bonchev–Trinajstić information content (AvgIpc) is 3.04. The Hall–Kier alpha value is -3.17. The minimum Gasteiger partial charge on any atom is -0.489 e. The van der Waals surface area contributed by atoms with Crippen molar-refractivity contribution in [2.45, 2.75) is 25.3 Å². The van der Waals surface area contributed by atoms with Gasteiger partial charge in [-0.25, -0.2) is 12.7 Å². The fourth-order valence-electron chi connectivity index (χ4n) is 2.71. The third-order valence-electron chi connectivity index (χ3n) is 4.55. The molecule has 0 saturated heterocycles. The highest BCUT2D eigenvalue weighted by atomic mass is 32.2. The highest BCUT2D eigenvalue weighted by molar-refractivity contribution is 7.89. The van der Waals surface area contributed by atoms with Crippen LogP contribution in [-0.2, 0) is 16.6 Å². The van der Waals surface area contributed by atoms with Gasteiger partial charge in [0.1, 0.15) is 18.1 Å². The number of benzene rings is 2. The third-order valence-corrected chi connectivity index (χ3v) is 6.38. The van der Waals surface area contributed by atoms with Crippen molar-refractivity contribution in [3.63, 3.8) is 0 Å². The molecule has 0 atom stereocenters. The Morgan fingerprint density at radius 2 is 1.83 bits per heavy atom. The number of carbonyl (C=O) groups excluding carboxylic acids is 1. The van der Waals surface area contributed by atoms with Crippen molar-refractivity contribution < 1.29 is 22.5 Å². The first-order valence-corrected chi connectivity index (χ1v) is 10.6. The molecule has 3 aromatic rings. The number of anilines is 1. The SMILES string of the molecule is Cc1noc(C)c1COc1cccc(C(=O)Nc2ccc(S(=O)(=O)N(C)C)cc2)c1. The summed E-state index contributed by atoms with van der Waals surface area (Å²) >= 11 is 0. The quantitative estimate of drug-likeness (QED) is 0.618. The Labute approximate surface area is 175 Å². The largest absolute Gasteiger partial charge is 0.489 e. The van der Waals surface area contributed by atoms with Crippen molar-refractivity contribution in [2.24, 2.45) is 0 Å². The van der Waals surface area contributed by atoms with Crippen LogP contribution in [0.4, 0.5) is 5.69 Å². The first-order valence-electron chi connectivity index (χ1n) is 9.17. The first-order chi connectivity index (χ1) is 14.2. The molecule has 0 aliphatic heterocycles. The van der Waals surface area contributed by atoms with E-state index in [1.54, 1.807) is 36.4 Å². The van der Waals surface area contributed by atoms with Crippen LogP contribution in [0.15, 0.2) is 57.9 Å². The number of hydrogen-bond acceptors (Lipinski definition) is 6. The summed E-state index contributed by atoms with van der Waals surface area (Å²) in [5.41, 5.74) is 2.54. The lowest BCUT2D eigenvalue weighted by Gasteiger charge is -2.12. The summed E-state index contributed by atoms with van der Waals surface area (Å²) in [7, 11) is -0.590. The van der Waals surface area contributed by atoms with Crippen molar-refractivity contribution in [1.82, 2.24) is 9.46 Å². The molecule has 0 unspecified atom stereocenters. The molecule has 2 aromatic carbocycles. The van der Waals surface area contributed by atoms with Gasteiger partial charge in [-0.05, 0) is 56.3 Å². The molecule has 1 aromatic heterocycles. The second-order valence-corrected chi connectivity index (χ2v) is 9.04. The third kappa shape index (κ3) is 4.69. The molecular weight excluding hydrogens is 406 g/mol. The number of carbonyl (C=O) groups is 1. The zero-order valence-electron chi connectivity index (χ0n) is 17.2. The maximum Gasteiger partial charge on any atom is 0.255 e. The van der Waals surface area contributed by atoms with E-state index in [0.717, 1.165) is 15.6 Å². The summed E-state index contributed by atoms with van der Waals surface area (Å²) in [5, 5.41) is 6.65. The molecule has 1 N–H and O–H groups in total. The van der Waals surface area contributed by atoms with E-state index in [2.05, 4.69) is 10.5 Å². The van der Waals surface area contributed by atoms with E-state index in [4.69, 9.17) is 9.26 Å². The molecule has 8 nitrogen and oxygen atoms in total. The molecule has 0 saturated carbocycles. The van der Waals surface area contributed by atoms with Gasteiger partial charge in [0.2, 0.25) is 10.0 Å². The molecule has 0 radical (unpaired) electrons. The Bertz CT molecular complexity index is 1130. The lowest BCUT2D eigenvalue weighted by molar-refractivity contribution is 0.102. The smallest absolute Gasteiger partial charge is 0.255 e. The molecular formula is C21H23N3O5S. The molecule has 158 valence electrons. The van der Waals surface area contributed by atoms with Gasteiger partial charge in [0.25, 0.3) is 5.91 Å². The highest BCUT2D eigenvalue weighted by Gasteiger charge is 2.17. The van der Waals surface area contributed by atoms with Crippen LogP contribution >= 0.6 is 0 Å². The maximum absolute atomic E-state index is 12.6. The lowest BCUT2D eigenvalue weighted by Crippen LogP contribution is -2.22. The fraction of sp³-hybridized carbons (Fsp3) is 0.238. The summed E-state index contributed by atoms with van der Waals surface area (Å²) in [6.45, 7) is 3.94. The molecule has 0 aliphatic rings. The van der Waals surface area contributed by atoms with Crippen LogP contribution in [0.3, 0.4) is 0 Å². The second kappa shape index (κ2) is 8.68. The molecule has 1 amide bonds. The van der Waals surface area contributed by atoms with Gasteiger partial charge in [-0.15, -0.1) is 0 Å². The van der Waals surface area contributed by atoms with Crippen LogP contribution in [0.25, 0.3) is 0 Å². The van der Waals surface area contributed by atoms with Crippen molar-refractivity contribution in [3.8, 4) is 5.75 Å². The molecule has 3 rings (SSSR count). The van der Waals surface area contributed by atoms with Gasteiger partial charge in [-0.3, -0.25) is 4.79 Å². The molecule has 1 heterocycles. The molecule has 0 spiro atoms. The maximum atomic E-state index is 12.6. The number of aromatic nitrogens is 1. The summed E-state index contributed by atoms with van der Waals surface area (Å²) < 4.78 is 36.3. The highest BCUT2D eigenvalue weighted by Crippen LogP contribution is 2.20. The molecule has 0 aliphatic carbocycles. The number of ether oxygens (including phenoxy) is 1. The van der Waals surface area contributed by atoms with Gasteiger partial charge >= 0.3 is 0 Å². The minimum atomic E-state index is -3.52. The first kappa shape index (κ1) is 21.5. The van der Waals surface area contributed by atoms with Gasteiger partial charge < -0.3 is 14.6 Å². The number of sulfonamides is 1. The zero-order chi connectivity index (χ0) is 21.9. The van der Waals surface area contributed by atoms with E-state index >= 15 is 0 Å². The monoisotopic (exact) mass is 429 g/mol. The predicted octanol–water partition coefficient (Wildman–Crippen LogP) is 3.37. The standard InChI is InChI=1S/C21H23N3O5S/c1-14-20(15(2)29-23-14)13-28-18-7-5-6-16(12-18)21(25)22-17-8-10-19(11-9-17)30(26,27)24(3)4/h5-12H,13H2,1-4H3,(H,22,25). The van der Waals surface area contributed by atoms with E-state index < -0.39 is 10.0 Å². The normalized spacial score (nSPS) is 11.5. The number of amides is 1. The minimum absolute atomic E-state index is 0.153. The Kier molecular flexibility index (Phi) is 6.23. The Morgan fingerprint density at radius 3 is 2.43 bits per heavy atom. The van der Waals surface area contributed by atoms with Crippen molar-refractivity contribution in [1.29, 1.82) is 0 Å². The van der Waals surface area contributed by atoms with Crippen molar-refractivity contribution in [3.05, 3.63) is 71.1 Å². The van der Waals surface area contributed by atoms with Crippen LogP contribution in [0.2, 0.25) is 0 Å². The summed E-state index contributed by atoms with van der Waals surface area (Å²) in [6.07, 6.45) is 0. The van der Waals surface area contributed by atoms with Gasteiger partial charge in [0.05, 0.1) is 16.2 Å². The van der Waals surface area contributed by atoms with Crippen molar-refractivity contribution in [2.75, 3.05) is 19.4 Å². The zero-order valence-corrected chi connectivity index (χ0v) is 18.0. The van der Waals surface area contributed by atoms with E-state index in [-0.39, 0.29) is 17.4 Å². The van der Waals surface area contributed by atoms with Crippen LogP contribution in [-0.4, -0.2) is 37.9 Å². The van der Waals surface area contributed by atoms with Crippen LogP contribution in [0.1, 0.15) is 27.4 Å². The number of nitrogens with zero attached hydrogens (tertiary/aromatic N) is 2. The van der Waals surface area contributed by atoms with Gasteiger partial charge in [-0.2, -0.15) is 0 Å². The Morgan fingerprint density at radius 1 is 1.13 bits per heavy atom. The topological polar surface area (TPSA) is 102 Å². The summed E-state index contributed by atoms with van der Waals surface area (Å²) in [5.74, 6) is 0.900. The van der Waals surface area contributed by atoms with Gasteiger partial charge in [-0.1, -0.05) is 11.2 Å². The van der Waals surface area contributed by atoms with Crippen LogP contribution < -0.4 is 10.1 Å². The predicted molar refractivity (Wildman–Crippen MR) is 112 cm³/mol. The Balaban J connectivity index is 1.68. The van der Waals surface area contributed by atoms with Crippen LogP contribution in [0.5, 0.6) is 5.75 Å². The van der Waals surface area contributed by atoms with E-state index in [0.29, 0.717) is 22.8 Å². The molecule has 0 fully saturated rings. The van der Waals surface area contributed by atoms with Crippen molar-refractivity contribution >= 4 is 21.6 Å². The number of nitrogens with one attached hydrogen (secondary N) is 1. The molecule has 30 heavy (non-hydrogen) atoms. The van der Waals surface area contributed by atoms with Gasteiger partial charge in [0, 0.05) is 25.3 Å². The molecule has 9 heteroatoms. The van der Waals surface area contributed by atoms with Crippen LogP contribution in [0, 0.1) is 13.8 Å². The van der Waals surface area contributed by atoms with E-state index in [9.17, 15) is 13.2 Å².